The van der Waals surface area contributed by atoms with Crippen LogP contribution in [0.5, 0.6) is 0 Å². The maximum atomic E-state index is 11.7. The molecule has 1 aliphatic heterocycles. The zero-order chi connectivity index (χ0) is 12.2. The number of nitrogens with two attached hydrogens (primary N) is 1. The molecule has 0 aliphatic carbocycles. The second-order valence-electron chi connectivity index (χ2n) is 3.77. The van der Waals surface area contributed by atoms with Crippen LogP contribution < -0.4 is 10.5 Å². The van der Waals surface area contributed by atoms with Gasteiger partial charge < -0.3 is 15.6 Å². The van der Waals surface area contributed by atoms with Crippen molar-refractivity contribution in [2.24, 2.45) is 5.73 Å². The number of ether oxygens (including phenoxy) is 1. The molecule has 1 aliphatic rings. The summed E-state index contributed by atoms with van der Waals surface area (Å²) in [7, 11) is -3.50. The van der Waals surface area contributed by atoms with E-state index >= 15 is 0 Å². The Labute approximate surface area is 95.7 Å². The summed E-state index contributed by atoms with van der Waals surface area (Å²) in [5.41, 5.74) is 5.53. The second kappa shape index (κ2) is 5.89. The van der Waals surface area contributed by atoms with Crippen molar-refractivity contribution in [3.63, 3.8) is 0 Å². The molecule has 1 fully saturated rings. The Balaban J connectivity index is 2.44. The highest BCUT2D eigenvalue weighted by molar-refractivity contribution is 7.87. The van der Waals surface area contributed by atoms with E-state index in [0.29, 0.717) is 26.3 Å². The Bertz CT molecular complexity index is 300. The molecule has 8 heteroatoms. The number of hydrogen-bond donors (Lipinski definition) is 3. The summed E-state index contributed by atoms with van der Waals surface area (Å²) in [6.07, 6.45) is -0.743. The van der Waals surface area contributed by atoms with E-state index in [4.69, 9.17) is 15.6 Å². The van der Waals surface area contributed by atoms with Gasteiger partial charge in [0, 0.05) is 25.7 Å². The Morgan fingerprint density at radius 1 is 1.50 bits per heavy atom. The molecule has 0 amide bonds. The van der Waals surface area contributed by atoms with Crippen molar-refractivity contribution in [3.8, 4) is 0 Å². The zero-order valence-corrected chi connectivity index (χ0v) is 10.1. The minimum Gasteiger partial charge on any atom is -0.392 e. The second-order valence-corrected chi connectivity index (χ2v) is 5.52. The number of aliphatic hydroxyl groups excluding tert-OH is 1. The smallest absolute Gasteiger partial charge is 0.279 e. The van der Waals surface area contributed by atoms with Crippen molar-refractivity contribution >= 4 is 10.2 Å². The lowest BCUT2D eigenvalue weighted by Crippen LogP contribution is -2.51. The molecule has 0 bridgehead atoms. The SMILES string of the molecule is CC(O)C(N)CNS(=O)(=O)N1CCOCC1. The normalized spacial score (nSPS) is 22.9. The van der Waals surface area contributed by atoms with Gasteiger partial charge in [-0.2, -0.15) is 12.7 Å². The summed E-state index contributed by atoms with van der Waals surface area (Å²) in [5, 5.41) is 9.13. The average Bonchev–Trinajstić information content (AvgIpc) is 2.27. The van der Waals surface area contributed by atoms with Crippen LogP contribution in [0.2, 0.25) is 0 Å². The van der Waals surface area contributed by atoms with E-state index < -0.39 is 22.4 Å². The van der Waals surface area contributed by atoms with Crippen molar-refractivity contribution in [2.45, 2.75) is 19.1 Å². The first kappa shape index (κ1) is 13.8. The molecule has 96 valence electrons. The standard InChI is InChI=1S/C8H19N3O4S/c1-7(12)8(9)6-10-16(13,14)11-2-4-15-5-3-11/h7-8,10,12H,2-6,9H2,1H3. The van der Waals surface area contributed by atoms with Crippen LogP contribution in [-0.2, 0) is 14.9 Å². The van der Waals surface area contributed by atoms with Crippen LogP contribution in [0.15, 0.2) is 0 Å². The van der Waals surface area contributed by atoms with E-state index in [9.17, 15) is 8.42 Å². The van der Waals surface area contributed by atoms with Crippen LogP contribution in [0.25, 0.3) is 0 Å². The summed E-state index contributed by atoms with van der Waals surface area (Å²) in [6.45, 7) is 3.05. The van der Waals surface area contributed by atoms with Crippen LogP contribution in [0.3, 0.4) is 0 Å². The highest BCUT2D eigenvalue weighted by Crippen LogP contribution is 2.02. The van der Waals surface area contributed by atoms with Crippen molar-refractivity contribution in [1.82, 2.24) is 9.03 Å². The molecule has 0 aromatic rings. The average molecular weight is 253 g/mol. The first-order valence-electron chi connectivity index (χ1n) is 5.19. The number of hydrogen-bond acceptors (Lipinski definition) is 5. The molecule has 1 heterocycles. The summed E-state index contributed by atoms with van der Waals surface area (Å²) in [4.78, 5) is 0. The van der Waals surface area contributed by atoms with E-state index in [0.717, 1.165) is 0 Å². The maximum absolute atomic E-state index is 11.7. The molecular weight excluding hydrogens is 234 g/mol. The lowest BCUT2D eigenvalue weighted by Gasteiger charge is -2.27. The van der Waals surface area contributed by atoms with Crippen molar-refractivity contribution in [2.75, 3.05) is 32.8 Å². The molecule has 0 aromatic heterocycles. The Hall–Kier alpha value is -0.250. The van der Waals surface area contributed by atoms with Gasteiger partial charge in [0.05, 0.1) is 19.3 Å². The number of nitrogens with one attached hydrogen (secondary N) is 1. The predicted octanol–water partition coefficient (Wildman–Crippen LogP) is -2.14. The summed E-state index contributed by atoms with van der Waals surface area (Å²) < 4.78 is 32.2. The molecule has 1 rings (SSSR count). The first-order valence-corrected chi connectivity index (χ1v) is 6.63. The van der Waals surface area contributed by atoms with E-state index in [1.165, 1.54) is 11.2 Å². The van der Waals surface area contributed by atoms with E-state index in [1.54, 1.807) is 0 Å². The molecule has 0 aromatic carbocycles. The summed E-state index contributed by atoms with van der Waals surface area (Å²) >= 11 is 0. The fraction of sp³-hybridized carbons (Fsp3) is 1.00. The van der Waals surface area contributed by atoms with E-state index in [1.807, 2.05) is 0 Å². The summed E-state index contributed by atoms with van der Waals surface area (Å²) in [5.74, 6) is 0. The van der Waals surface area contributed by atoms with Gasteiger partial charge in [-0.3, -0.25) is 0 Å². The molecule has 0 spiro atoms. The highest BCUT2D eigenvalue weighted by Gasteiger charge is 2.24. The summed E-state index contributed by atoms with van der Waals surface area (Å²) in [6, 6.07) is -0.601. The third-order valence-corrected chi connectivity index (χ3v) is 4.01. The predicted molar refractivity (Wildman–Crippen MR) is 59.0 cm³/mol. The third kappa shape index (κ3) is 3.96. The van der Waals surface area contributed by atoms with Gasteiger partial charge in [-0.25, -0.2) is 4.72 Å². The molecule has 4 N–H and O–H groups in total. The van der Waals surface area contributed by atoms with E-state index in [-0.39, 0.29) is 6.54 Å². The molecule has 1 saturated heterocycles. The topological polar surface area (TPSA) is 105 Å². The van der Waals surface area contributed by atoms with Gasteiger partial charge in [0.2, 0.25) is 0 Å². The monoisotopic (exact) mass is 253 g/mol. The van der Waals surface area contributed by atoms with Gasteiger partial charge in [-0.05, 0) is 6.92 Å². The molecule has 7 nitrogen and oxygen atoms in total. The minimum atomic E-state index is -3.50. The molecular formula is C8H19N3O4S. The minimum absolute atomic E-state index is 0.0252. The molecule has 16 heavy (non-hydrogen) atoms. The van der Waals surface area contributed by atoms with Gasteiger partial charge >= 0.3 is 0 Å². The van der Waals surface area contributed by atoms with Crippen LogP contribution in [0.1, 0.15) is 6.92 Å². The lowest BCUT2D eigenvalue weighted by molar-refractivity contribution is 0.0723. The van der Waals surface area contributed by atoms with Gasteiger partial charge in [0.25, 0.3) is 10.2 Å². The van der Waals surface area contributed by atoms with Gasteiger partial charge in [-0.1, -0.05) is 0 Å². The molecule has 0 saturated carbocycles. The number of morpholine rings is 1. The maximum Gasteiger partial charge on any atom is 0.279 e. The number of rotatable bonds is 5. The number of nitrogens with zero attached hydrogens (tertiary/aromatic N) is 1. The van der Waals surface area contributed by atoms with Gasteiger partial charge in [-0.15, -0.1) is 0 Å². The zero-order valence-electron chi connectivity index (χ0n) is 9.30. The number of aliphatic hydroxyl groups is 1. The molecule has 2 atom stereocenters. The van der Waals surface area contributed by atoms with Crippen LogP contribution >= 0.6 is 0 Å². The fourth-order valence-corrected chi connectivity index (χ4v) is 2.47. The van der Waals surface area contributed by atoms with E-state index in [2.05, 4.69) is 4.72 Å². The first-order chi connectivity index (χ1) is 7.43. The van der Waals surface area contributed by atoms with Gasteiger partial charge in [0.1, 0.15) is 0 Å². The van der Waals surface area contributed by atoms with Crippen molar-refractivity contribution in [3.05, 3.63) is 0 Å². The highest BCUT2D eigenvalue weighted by atomic mass is 32.2. The largest absolute Gasteiger partial charge is 0.392 e. The van der Waals surface area contributed by atoms with Crippen molar-refractivity contribution in [1.29, 1.82) is 0 Å². The quantitative estimate of drug-likeness (QED) is 0.518. The molecule has 2 unspecified atom stereocenters. The third-order valence-electron chi connectivity index (χ3n) is 2.43. The van der Waals surface area contributed by atoms with Crippen LogP contribution in [-0.4, -0.2) is 62.8 Å². The molecule has 0 radical (unpaired) electrons. The van der Waals surface area contributed by atoms with Crippen molar-refractivity contribution < 1.29 is 18.3 Å². The van der Waals surface area contributed by atoms with Gasteiger partial charge in [0.15, 0.2) is 0 Å². The fourth-order valence-electron chi connectivity index (χ4n) is 1.25. The van der Waals surface area contributed by atoms with Crippen LogP contribution in [0, 0.1) is 0 Å². The van der Waals surface area contributed by atoms with Crippen LogP contribution in [0.4, 0.5) is 0 Å². The Morgan fingerprint density at radius 3 is 2.56 bits per heavy atom. The lowest BCUT2D eigenvalue weighted by atomic mass is 10.2. The Morgan fingerprint density at radius 2 is 2.06 bits per heavy atom. The Kier molecular flexibility index (Phi) is 5.09.